The molecule has 8 nitrogen and oxygen atoms in total. The van der Waals surface area contributed by atoms with Crippen molar-refractivity contribution < 1.29 is 14.7 Å². The number of aryl methyl sites for hydroxylation is 2. The van der Waals surface area contributed by atoms with Gasteiger partial charge in [-0.15, -0.1) is 0 Å². The van der Waals surface area contributed by atoms with E-state index in [4.69, 9.17) is 0 Å². The first kappa shape index (κ1) is 16.8. The summed E-state index contributed by atoms with van der Waals surface area (Å²) in [5.74, 6) is 0. The summed E-state index contributed by atoms with van der Waals surface area (Å²) in [7, 11) is 0. The summed E-state index contributed by atoms with van der Waals surface area (Å²) in [5, 5.41) is 15.1. The molecule has 0 spiro atoms. The van der Waals surface area contributed by atoms with Crippen molar-refractivity contribution in [2.45, 2.75) is 57.5 Å². The molecule has 1 aliphatic carbocycles. The number of hydrogen-bond donors (Lipinski definition) is 2. The molecule has 2 N–H and O–H groups in total. The van der Waals surface area contributed by atoms with Crippen molar-refractivity contribution in [1.82, 2.24) is 19.7 Å². The Morgan fingerprint density at radius 3 is 2.77 bits per heavy atom. The molecule has 1 fully saturated rings. The monoisotopic (exact) mass is 358 g/mol. The molecular formula is C18H22N4O4. The van der Waals surface area contributed by atoms with Gasteiger partial charge in [-0.05, 0) is 44.1 Å². The van der Waals surface area contributed by atoms with Crippen LogP contribution in [0, 0.1) is 0 Å². The molecule has 1 aliphatic heterocycles. The number of carbonyl (C=O) groups is 2. The molecule has 0 unspecified atom stereocenters. The Kier molecular flexibility index (Phi) is 4.26. The summed E-state index contributed by atoms with van der Waals surface area (Å²) in [5.41, 5.74) is 3.07. The van der Waals surface area contributed by atoms with Gasteiger partial charge in [-0.2, -0.15) is 5.10 Å². The minimum absolute atomic E-state index is 0.0903. The highest BCUT2D eigenvalue weighted by Gasteiger charge is 2.35. The zero-order chi connectivity index (χ0) is 18.3. The molecule has 1 saturated heterocycles. The molecule has 3 heterocycles. The van der Waals surface area contributed by atoms with Crippen LogP contribution in [0.3, 0.4) is 0 Å². The Labute approximate surface area is 149 Å². The minimum Gasteiger partial charge on any atom is -0.465 e. The first-order chi connectivity index (χ1) is 12.6. The number of aromatic nitrogens is 3. The second-order valence-corrected chi connectivity index (χ2v) is 7.04. The first-order valence-corrected chi connectivity index (χ1v) is 9.19. The standard InChI is InChI=1S/C18H22N4O4/c23-10-4-9-22-16-14(11-5-1-2-6-12(11)17(24)19-16)15(20-22)13-7-3-8-21(13)18(25)26/h10,13H,1-9H2,(H,19,24)(H,25,26)/t13-/m1/s1. The Morgan fingerprint density at radius 2 is 2.04 bits per heavy atom. The van der Waals surface area contributed by atoms with Crippen molar-refractivity contribution >= 4 is 23.4 Å². The largest absolute Gasteiger partial charge is 0.465 e. The topological polar surface area (TPSA) is 108 Å². The van der Waals surface area contributed by atoms with Crippen molar-refractivity contribution in [2.24, 2.45) is 0 Å². The van der Waals surface area contributed by atoms with E-state index in [0.717, 1.165) is 67.0 Å². The van der Waals surface area contributed by atoms with Crippen molar-refractivity contribution in [2.75, 3.05) is 6.54 Å². The predicted octanol–water partition coefficient (Wildman–Crippen LogP) is 2.01. The zero-order valence-corrected chi connectivity index (χ0v) is 14.5. The van der Waals surface area contributed by atoms with E-state index < -0.39 is 6.09 Å². The maximum Gasteiger partial charge on any atom is 0.407 e. The van der Waals surface area contributed by atoms with Crippen molar-refractivity contribution in [3.8, 4) is 0 Å². The highest BCUT2D eigenvalue weighted by Crippen LogP contribution is 2.37. The molecular weight excluding hydrogens is 336 g/mol. The summed E-state index contributed by atoms with van der Waals surface area (Å²) >= 11 is 0. The van der Waals surface area contributed by atoms with Crippen LogP contribution in [0.5, 0.6) is 0 Å². The van der Waals surface area contributed by atoms with Gasteiger partial charge in [-0.25, -0.2) is 9.48 Å². The highest BCUT2D eigenvalue weighted by molar-refractivity contribution is 5.84. The number of nitrogens with zero attached hydrogens (tertiary/aromatic N) is 3. The molecule has 0 radical (unpaired) electrons. The van der Waals surface area contributed by atoms with Gasteiger partial charge in [0.15, 0.2) is 0 Å². The van der Waals surface area contributed by atoms with Gasteiger partial charge in [0.1, 0.15) is 11.9 Å². The predicted molar refractivity (Wildman–Crippen MR) is 94.4 cm³/mol. The molecule has 4 rings (SSSR count). The summed E-state index contributed by atoms with van der Waals surface area (Å²) in [6.45, 7) is 0.864. The first-order valence-electron chi connectivity index (χ1n) is 9.19. The summed E-state index contributed by atoms with van der Waals surface area (Å²) in [4.78, 5) is 39.4. The number of carboxylic acid groups (broad SMARTS) is 1. The summed E-state index contributed by atoms with van der Waals surface area (Å²) in [6, 6.07) is -0.301. The number of rotatable bonds is 4. The fraction of sp³-hybridized carbons (Fsp3) is 0.556. The third-order valence-corrected chi connectivity index (χ3v) is 5.53. The molecule has 2 aromatic rings. The molecule has 0 aromatic carbocycles. The second kappa shape index (κ2) is 6.59. The van der Waals surface area contributed by atoms with Crippen LogP contribution in [-0.4, -0.2) is 43.7 Å². The molecule has 1 amide bonds. The van der Waals surface area contributed by atoms with Crippen LogP contribution in [0.1, 0.15) is 55.0 Å². The van der Waals surface area contributed by atoms with Gasteiger partial charge >= 0.3 is 6.09 Å². The third kappa shape index (κ3) is 2.60. The highest BCUT2D eigenvalue weighted by atomic mass is 16.4. The normalized spacial score (nSPS) is 19.7. The van der Waals surface area contributed by atoms with E-state index in [-0.39, 0.29) is 11.6 Å². The van der Waals surface area contributed by atoms with E-state index in [1.165, 1.54) is 4.90 Å². The van der Waals surface area contributed by atoms with Gasteiger partial charge in [0.2, 0.25) is 0 Å². The Morgan fingerprint density at radius 1 is 1.27 bits per heavy atom. The van der Waals surface area contributed by atoms with Crippen LogP contribution in [0.2, 0.25) is 0 Å². The lowest BCUT2D eigenvalue weighted by Gasteiger charge is -2.21. The Hall–Kier alpha value is -2.64. The molecule has 0 bridgehead atoms. The SMILES string of the molecule is O=CCCn1nc([C@H]2CCCN2C(=O)O)c2c3c(c(=O)[nH]c21)CCCC3. The fourth-order valence-corrected chi connectivity index (χ4v) is 4.37. The molecule has 2 aliphatic rings. The van der Waals surface area contributed by atoms with Crippen LogP contribution in [0.15, 0.2) is 4.79 Å². The lowest BCUT2D eigenvalue weighted by atomic mass is 9.89. The smallest absolute Gasteiger partial charge is 0.407 e. The Balaban J connectivity index is 1.95. The van der Waals surface area contributed by atoms with E-state index in [1.54, 1.807) is 4.68 Å². The lowest BCUT2D eigenvalue weighted by Crippen LogP contribution is -2.29. The number of aromatic amines is 1. The summed E-state index contributed by atoms with van der Waals surface area (Å²) < 4.78 is 1.66. The quantitative estimate of drug-likeness (QED) is 0.813. The maximum absolute atomic E-state index is 12.5. The average Bonchev–Trinajstić information content (AvgIpc) is 3.25. The van der Waals surface area contributed by atoms with Gasteiger partial charge in [0.25, 0.3) is 5.56 Å². The van der Waals surface area contributed by atoms with Crippen LogP contribution < -0.4 is 5.56 Å². The van der Waals surface area contributed by atoms with E-state index in [9.17, 15) is 19.5 Å². The molecule has 8 heteroatoms. The molecule has 2 aromatic heterocycles. The van der Waals surface area contributed by atoms with E-state index in [0.29, 0.717) is 25.2 Å². The van der Waals surface area contributed by atoms with E-state index >= 15 is 0 Å². The number of hydrogen-bond acceptors (Lipinski definition) is 4. The number of nitrogens with one attached hydrogen (secondary N) is 1. The van der Waals surface area contributed by atoms with Crippen LogP contribution in [-0.2, 0) is 24.2 Å². The molecule has 0 saturated carbocycles. The van der Waals surface area contributed by atoms with Gasteiger partial charge in [-0.3, -0.25) is 9.69 Å². The number of likely N-dealkylation sites (tertiary alicyclic amines) is 1. The Bertz CT molecular complexity index is 929. The van der Waals surface area contributed by atoms with Crippen molar-refractivity contribution in [1.29, 1.82) is 0 Å². The zero-order valence-electron chi connectivity index (χ0n) is 14.5. The number of carbonyl (C=O) groups excluding carboxylic acids is 1. The number of fused-ring (bicyclic) bond motifs is 3. The van der Waals surface area contributed by atoms with Gasteiger partial charge in [0, 0.05) is 30.5 Å². The van der Waals surface area contributed by atoms with Gasteiger partial charge in [-0.1, -0.05) is 0 Å². The van der Waals surface area contributed by atoms with Crippen LogP contribution in [0.25, 0.3) is 11.0 Å². The van der Waals surface area contributed by atoms with Gasteiger partial charge < -0.3 is 14.9 Å². The third-order valence-electron chi connectivity index (χ3n) is 5.53. The van der Waals surface area contributed by atoms with Gasteiger partial charge in [0.05, 0.1) is 11.7 Å². The minimum atomic E-state index is -0.943. The molecule has 138 valence electrons. The van der Waals surface area contributed by atoms with Crippen molar-refractivity contribution in [3.05, 3.63) is 27.2 Å². The maximum atomic E-state index is 12.5. The average molecular weight is 358 g/mol. The van der Waals surface area contributed by atoms with E-state index in [2.05, 4.69) is 10.1 Å². The number of aldehydes is 1. The van der Waals surface area contributed by atoms with Crippen molar-refractivity contribution in [3.63, 3.8) is 0 Å². The van der Waals surface area contributed by atoms with E-state index in [1.807, 2.05) is 0 Å². The van der Waals surface area contributed by atoms with Crippen LogP contribution in [0.4, 0.5) is 4.79 Å². The second-order valence-electron chi connectivity index (χ2n) is 7.04. The summed E-state index contributed by atoms with van der Waals surface area (Å²) in [6.07, 6.45) is 5.24. The van der Waals surface area contributed by atoms with Crippen LogP contribution >= 0.6 is 0 Å². The fourth-order valence-electron chi connectivity index (χ4n) is 4.37. The number of amides is 1. The molecule has 26 heavy (non-hydrogen) atoms. The number of H-pyrrole nitrogens is 1. The lowest BCUT2D eigenvalue weighted by molar-refractivity contribution is -0.108. The number of pyridine rings is 1. The molecule has 1 atom stereocenters.